The average Bonchev–Trinajstić information content (AvgIpc) is 2.51. The molecule has 0 saturated carbocycles. The van der Waals surface area contributed by atoms with Crippen LogP contribution < -0.4 is 16.8 Å². The molecule has 9 N–H and O–H groups in total. The summed E-state index contributed by atoms with van der Waals surface area (Å²) >= 11 is 0. The fourth-order valence-electron chi connectivity index (χ4n) is 1.45. The van der Waals surface area contributed by atoms with Gasteiger partial charge in [-0.3, -0.25) is 10.2 Å². The minimum absolute atomic E-state index is 0.112. The number of carbonyl (C=O) groups is 2. The normalized spacial score (nSPS) is 12.3. The van der Waals surface area contributed by atoms with Crippen molar-refractivity contribution < 1.29 is 24.9 Å². The molecule has 0 aliphatic carbocycles. The third kappa shape index (κ3) is 9.82. The second-order valence-electron chi connectivity index (χ2n) is 4.58. The number of nitrogens with one attached hydrogen (secondary N) is 2. The number of hydrogen-bond donors (Lipinski definition) is 7. The number of rotatable bonds is 7. The maximum atomic E-state index is 10.2. The largest absolute Gasteiger partial charge is 0.480 e. The average molecular weight is 326 g/mol. The lowest BCUT2D eigenvalue weighted by molar-refractivity contribution is -0.147. The molecular formula is C14H22N4O5. The molecule has 1 aromatic rings. The lowest BCUT2D eigenvalue weighted by Crippen LogP contribution is -2.34. The summed E-state index contributed by atoms with van der Waals surface area (Å²) in [4.78, 5) is 20.5. The van der Waals surface area contributed by atoms with Crippen LogP contribution in [0.1, 0.15) is 24.5 Å². The molecule has 0 radical (unpaired) electrons. The highest BCUT2D eigenvalue weighted by Crippen LogP contribution is 2.10. The van der Waals surface area contributed by atoms with Gasteiger partial charge in [0, 0.05) is 6.54 Å². The molecule has 9 heteroatoms. The van der Waals surface area contributed by atoms with Crippen LogP contribution in [0.2, 0.25) is 0 Å². The van der Waals surface area contributed by atoms with Crippen LogP contribution in [0.5, 0.6) is 0 Å². The molecule has 0 aliphatic heterocycles. The highest BCUT2D eigenvalue weighted by Gasteiger charge is 2.14. The number of aliphatic hydroxyl groups is 1. The number of aliphatic carboxylic acids is 2. The van der Waals surface area contributed by atoms with Crippen LogP contribution in [0.25, 0.3) is 0 Å². The van der Waals surface area contributed by atoms with Gasteiger partial charge in [-0.15, -0.1) is 0 Å². The van der Waals surface area contributed by atoms with Gasteiger partial charge in [0.15, 0.2) is 12.1 Å². The molecule has 0 fully saturated rings. The third-order valence-corrected chi connectivity index (χ3v) is 2.67. The molecule has 0 spiro atoms. The van der Waals surface area contributed by atoms with Gasteiger partial charge >= 0.3 is 11.9 Å². The van der Waals surface area contributed by atoms with E-state index in [0.717, 1.165) is 0 Å². The lowest BCUT2D eigenvalue weighted by Gasteiger charge is -2.06. The van der Waals surface area contributed by atoms with Gasteiger partial charge in [0.2, 0.25) is 0 Å². The van der Waals surface area contributed by atoms with E-state index in [0.29, 0.717) is 24.9 Å². The third-order valence-electron chi connectivity index (χ3n) is 2.67. The first-order valence-corrected chi connectivity index (χ1v) is 6.77. The Morgan fingerprint density at radius 3 is 2.17 bits per heavy atom. The van der Waals surface area contributed by atoms with Gasteiger partial charge < -0.3 is 32.1 Å². The molecule has 23 heavy (non-hydrogen) atoms. The number of nitrogens with two attached hydrogens (primary N) is 2. The van der Waals surface area contributed by atoms with Gasteiger partial charge in [0.1, 0.15) is 6.04 Å². The number of carboxylic acids is 2. The van der Waals surface area contributed by atoms with Crippen LogP contribution in [-0.2, 0) is 9.59 Å². The number of carboxylic acid groups (broad SMARTS) is 2. The Balaban J connectivity index is 0.000000422. The maximum Gasteiger partial charge on any atom is 0.337 e. The molecule has 0 saturated heterocycles. The number of benzene rings is 1. The fraction of sp³-hybridized carbons (Fsp3) is 0.357. The van der Waals surface area contributed by atoms with E-state index in [4.69, 9.17) is 32.2 Å². The van der Waals surface area contributed by atoms with Crippen LogP contribution in [0.15, 0.2) is 30.3 Å². The molecular weight excluding hydrogens is 304 g/mol. The van der Waals surface area contributed by atoms with E-state index in [-0.39, 0.29) is 5.96 Å². The zero-order valence-electron chi connectivity index (χ0n) is 12.5. The molecule has 0 aromatic heterocycles. The Hall–Kier alpha value is -2.65. The van der Waals surface area contributed by atoms with Crippen molar-refractivity contribution >= 4 is 17.9 Å². The van der Waals surface area contributed by atoms with Crippen molar-refractivity contribution in [1.29, 1.82) is 5.41 Å². The van der Waals surface area contributed by atoms with Gasteiger partial charge in [-0.05, 0) is 18.4 Å². The standard InChI is InChI=1S/C8H8O3.C6H14N4O2/c9-7(8(10)11)6-4-2-1-3-5-6;7-4(5(11)12)2-1-3-10-6(8)9/h1-5,7,9H,(H,10,11);4H,1-3,7H2,(H,11,12)(H4,8,9,10). The molecule has 0 amide bonds. The summed E-state index contributed by atoms with van der Waals surface area (Å²) in [5, 5.41) is 35.1. The molecule has 0 bridgehead atoms. The van der Waals surface area contributed by atoms with Gasteiger partial charge in [-0.2, -0.15) is 0 Å². The van der Waals surface area contributed by atoms with Crippen LogP contribution in [0.3, 0.4) is 0 Å². The summed E-state index contributed by atoms with van der Waals surface area (Å²) in [7, 11) is 0. The van der Waals surface area contributed by atoms with Gasteiger partial charge in [0.25, 0.3) is 0 Å². The van der Waals surface area contributed by atoms with E-state index in [1.54, 1.807) is 30.3 Å². The Bertz CT molecular complexity index is 509. The second-order valence-corrected chi connectivity index (χ2v) is 4.58. The molecule has 2 atom stereocenters. The van der Waals surface area contributed by atoms with Crippen molar-refractivity contribution in [1.82, 2.24) is 5.32 Å². The van der Waals surface area contributed by atoms with E-state index in [1.165, 1.54) is 0 Å². The summed E-state index contributed by atoms with van der Waals surface area (Å²) in [5.74, 6) is -2.34. The molecule has 128 valence electrons. The van der Waals surface area contributed by atoms with E-state index >= 15 is 0 Å². The first kappa shape index (κ1) is 20.3. The number of guanidine groups is 1. The maximum absolute atomic E-state index is 10.2. The molecule has 1 rings (SSSR count). The quantitative estimate of drug-likeness (QED) is 0.198. The van der Waals surface area contributed by atoms with Gasteiger partial charge in [-0.1, -0.05) is 30.3 Å². The van der Waals surface area contributed by atoms with Gasteiger partial charge in [-0.25, -0.2) is 4.79 Å². The smallest absolute Gasteiger partial charge is 0.337 e. The predicted molar refractivity (Wildman–Crippen MR) is 83.8 cm³/mol. The SMILES string of the molecule is N=C(N)NCCCC(N)C(=O)O.O=C(O)C(O)c1ccccc1. The second kappa shape index (κ2) is 11.0. The molecule has 9 nitrogen and oxygen atoms in total. The van der Waals surface area contributed by atoms with Crippen LogP contribution >= 0.6 is 0 Å². The molecule has 0 heterocycles. The number of hydrogen-bond acceptors (Lipinski definition) is 5. The van der Waals surface area contributed by atoms with Crippen molar-refractivity contribution in [3.63, 3.8) is 0 Å². The Labute approximate surface area is 133 Å². The lowest BCUT2D eigenvalue weighted by atomic mass is 10.1. The summed E-state index contributed by atoms with van der Waals surface area (Å²) in [6.45, 7) is 0.482. The minimum Gasteiger partial charge on any atom is -0.480 e. The van der Waals surface area contributed by atoms with Crippen molar-refractivity contribution in [2.75, 3.05) is 6.54 Å². The summed E-state index contributed by atoms with van der Waals surface area (Å²) in [6, 6.07) is 7.44. The van der Waals surface area contributed by atoms with Crippen LogP contribution in [-0.4, -0.2) is 45.8 Å². The predicted octanol–water partition coefficient (Wildman–Crippen LogP) is -0.534. The van der Waals surface area contributed by atoms with Crippen molar-refractivity contribution in [3.8, 4) is 0 Å². The molecule has 0 aliphatic rings. The summed E-state index contributed by atoms with van der Waals surface area (Å²) in [6.07, 6.45) is -0.431. The van der Waals surface area contributed by atoms with E-state index in [1.807, 2.05) is 0 Å². The zero-order chi connectivity index (χ0) is 17.8. The van der Waals surface area contributed by atoms with Crippen molar-refractivity contribution in [3.05, 3.63) is 35.9 Å². The highest BCUT2D eigenvalue weighted by atomic mass is 16.4. The summed E-state index contributed by atoms with van der Waals surface area (Å²) in [5.41, 5.74) is 10.6. The van der Waals surface area contributed by atoms with Crippen LogP contribution in [0.4, 0.5) is 0 Å². The fourth-order valence-corrected chi connectivity index (χ4v) is 1.45. The number of aliphatic hydroxyl groups excluding tert-OH is 1. The monoisotopic (exact) mass is 326 g/mol. The Kier molecular flexibility index (Phi) is 9.72. The molecule has 1 aromatic carbocycles. The van der Waals surface area contributed by atoms with Crippen LogP contribution in [0, 0.1) is 5.41 Å². The van der Waals surface area contributed by atoms with Gasteiger partial charge in [0.05, 0.1) is 0 Å². The Morgan fingerprint density at radius 2 is 1.74 bits per heavy atom. The zero-order valence-corrected chi connectivity index (χ0v) is 12.5. The van der Waals surface area contributed by atoms with E-state index in [2.05, 4.69) is 5.32 Å². The van der Waals surface area contributed by atoms with Crippen molar-refractivity contribution in [2.45, 2.75) is 25.0 Å². The minimum atomic E-state index is -1.41. The first-order valence-electron chi connectivity index (χ1n) is 6.77. The van der Waals surface area contributed by atoms with E-state index in [9.17, 15) is 9.59 Å². The van der Waals surface area contributed by atoms with Crippen molar-refractivity contribution in [2.24, 2.45) is 11.5 Å². The Morgan fingerprint density at radius 1 is 1.17 bits per heavy atom. The summed E-state index contributed by atoms with van der Waals surface area (Å²) < 4.78 is 0. The topological polar surface area (TPSA) is 183 Å². The molecule has 2 unspecified atom stereocenters. The highest BCUT2D eigenvalue weighted by molar-refractivity contribution is 5.74. The first-order chi connectivity index (χ1) is 10.8. The van der Waals surface area contributed by atoms with E-state index < -0.39 is 24.1 Å².